The lowest BCUT2D eigenvalue weighted by molar-refractivity contribution is 0.00798. The summed E-state index contributed by atoms with van der Waals surface area (Å²) in [6.45, 7) is 12.6. The minimum atomic E-state index is -0.480. The highest BCUT2D eigenvalue weighted by atomic mass is 16.6. The van der Waals surface area contributed by atoms with Crippen LogP contribution >= 0.6 is 0 Å². The molecule has 0 spiro atoms. The fourth-order valence-corrected chi connectivity index (χ4v) is 2.56. The molecule has 1 amide bonds. The number of unbranched alkanes of at least 4 members (excludes halogenated alkanes) is 2. The van der Waals surface area contributed by atoms with Crippen LogP contribution in [0.25, 0.3) is 0 Å². The van der Waals surface area contributed by atoms with Crippen LogP contribution in [-0.2, 0) is 14.2 Å². The van der Waals surface area contributed by atoms with Crippen molar-refractivity contribution in [2.45, 2.75) is 84.5 Å². The van der Waals surface area contributed by atoms with E-state index < -0.39 is 5.60 Å². The van der Waals surface area contributed by atoms with Gasteiger partial charge in [-0.1, -0.05) is 26.7 Å². The van der Waals surface area contributed by atoms with Crippen LogP contribution in [0.2, 0.25) is 0 Å². The predicted octanol–water partition coefficient (Wildman–Crippen LogP) is 4.00. The molecule has 0 saturated carbocycles. The maximum atomic E-state index is 12.4. The van der Waals surface area contributed by atoms with Gasteiger partial charge in [0.15, 0.2) is 0 Å². The molecule has 1 aliphatic heterocycles. The van der Waals surface area contributed by atoms with Crippen molar-refractivity contribution in [3.63, 3.8) is 0 Å². The Labute approximate surface area is 141 Å². The van der Waals surface area contributed by atoms with Crippen molar-refractivity contribution in [3.8, 4) is 0 Å². The van der Waals surface area contributed by atoms with Crippen molar-refractivity contribution < 1.29 is 19.0 Å². The van der Waals surface area contributed by atoms with E-state index in [1.165, 1.54) is 0 Å². The van der Waals surface area contributed by atoms with E-state index in [9.17, 15) is 4.79 Å². The molecule has 1 saturated heterocycles. The van der Waals surface area contributed by atoms with Crippen molar-refractivity contribution in [2.75, 3.05) is 26.4 Å². The summed E-state index contributed by atoms with van der Waals surface area (Å²) in [7, 11) is 0. The number of rotatable bonds is 9. The predicted molar refractivity (Wildman–Crippen MR) is 91.7 cm³/mol. The number of carbonyl (C=O) groups is 1. The van der Waals surface area contributed by atoms with Gasteiger partial charge in [-0.2, -0.15) is 0 Å². The zero-order valence-electron chi connectivity index (χ0n) is 15.6. The number of amides is 1. The number of hydrogen-bond donors (Lipinski definition) is 0. The van der Waals surface area contributed by atoms with Gasteiger partial charge in [0.1, 0.15) is 5.60 Å². The van der Waals surface area contributed by atoms with E-state index in [1.54, 1.807) is 4.90 Å². The molecule has 0 aromatic heterocycles. The molecule has 136 valence electrons. The molecule has 1 heterocycles. The Hall–Kier alpha value is -0.810. The molecule has 23 heavy (non-hydrogen) atoms. The Kier molecular flexibility index (Phi) is 8.92. The number of carbonyl (C=O) groups excluding carboxylic acids is 1. The second kappa shape index (κ2) is 10.1. The molecule has 0 bridgehead atoms. The normalized spacial score (nSPS) is 21.7. The Morgan fingerprint density at radius 3 is 2.39 bits per heavy atom. The molecule has 1 rings (SSSR count). The fourth-order valence-electron chi connectivity index (χ4n) is 2.56. The summed E-state index contributed by atoms with van der Waals surface area (Å²) in [5.74, 6) is 0. The van der Waals surface area contributed by atoms with E-state index in [4.69, 9.17) is 14.2 Å². The molecule has 0 aromatic rings. The second-order valence-corrected chi connectivity index (χ2v) is 7.30. The van der Waals surface area contributed by atoms with E-state index in [-0.39, 0.29) is 18.2 Å². The Morgan fingerprint density at radius 2 is 1.78 bits per heavy atom. The van der Waals surface area contributed by atoms with Gasteiger partial charge in [-0.15, -0.1) is 0 Å². The lowest BCUT2D eigenvalue weighted by Crippen LogP contribution is -2.42. The number of hydrogen-bond acceptors (Lipinski definition) is 4. The maximum Gasteiger partial charge on any atom is 0.410 e. The van der Waals surface area contributed by atoms with Gasteiger partial charge in [-0.05, 0) is 40.0 Å². The molecule has 0 N–H and O–H groups in total. The molecular weight excluding hydrogens is 294 g/mol. The van der Waals surface area contributed by atoms with Crippen LogP contribution in [0, 0.1) is 0 Å². The van der Waals surface area contributed by atoms with Gasteiger partial charge in [0.2, 0.25) is 0 Å². The van der Waals surface area contributed by atoms with Crippen LogP contribution in [-0.4, -0.2) is 55.1 Å². The van der Waals surface area contributed by atoms with Gasteiger partial charge in [-0.3, -0.25) is 0 Å². The van der Waals surface area contributed by atoms with Crippen molar-refractivity contribution in [3.05, 3.63) is 0 Å². The van der Waals surface area contributed by atoms with Gasteiger partial charge < -0.3 is 19.1 Å². The first kappa shape index (κ1) is 20.2. The van der Waals surface area contributed by atoms with Crippen molar-refractivity contribution in [1.29, 1.82) is 0 Å². The number of likely N-dealkylation sites (tertiary alicyclic amines) is 1. The van der Waals surface area contributed by atoms with Crippen LogP contribution in [0.1, 0.15) is 66.7 Å². The molecule has 1 aliphatic rings. The lowest BCUT2D eigenvalue weighted by atomic mass is 10.2. The first-order chi connectivity index (χ1) is 10.9. The van der Waals surface area contributed by atoms with Crippen LogP contribution < -0.4 is 0 Å². The summed E-state index contributed by atoms with van der Waals surface area (Å²) in [6, 6.07) is 0.0494. The Morgan fingerprint density at radius 1 is 1.13 bits per heavy atom. The molecule has 0 aromatic carbocycles. The first-order valence-corrected chi connectivity index (χ1v) is 9.06. The third kappa shape index (κ3) is 8.02. The Bertz CT molecular complexity index is 340. The fraction of sp³-hybridized carbons (Fsp3) is 0.944. The molecular formula is C18H35NO4. The van der Waals surface area contributed by atoms with Gasteiger partial charge in [0, 0.05) is 13.2 Å². The van der Waals surface area contributed by atoms with Gasteiger partial charge in [0.05, 0.1) is 25.3 Å². The molecule has 5 heteroatoms. The maximum absolute atomic E-state index is 12.4. The van der Waals surface area contributed by atoms with Crippen molar-refractivity contribution in [1.82, 2.24) is 4.90 Å². The van der Waals surface area contributed by atoms with Crippen LogP contribution in [0.4, 0.5) is 4.79 Å². The summed E-state index contributed by atoms with van der Waals surface area (Å²) in [4.78, 5) is 14.2. The van der Waals surface area contributed by atoms with Crippen LogP contribution in [0.5, 0.6) is 0 Å². The topological polar surface area (TPSA) is 48.0 Å². The summed E-state index contributed by atoms with van der Waals surface area (Å²) in [6.07, 6.45) is 5.00. The highest BCUT2D eigenvalue weighted by molar-refractivity contribution is 5.69. The first-order valence-electron chi connectivity index (χ1n) is 9.06. The van der Waals surface area contributed by atoms with Gasteiger partial charge in [-0.25, -0.2) is 4.79 Å². The zero-order chi connectivity index (χ0) is 17.3. The molecule has 0 unspecified atom stereocenters. The largest absolute Gasteiger partial charge is 0.444 e. The smallest absolute Gasteiger partial charge is 0.410 e. The zero-order valence-corrected chi connectivity index (χ0v) is 15.6. The molecule has 1 fully saturated rings. The van der Waals surface area contributed by atoms with Crippen LogP contribution in [0.15, 0.2) is 0 Å². The van der Waals surface area contributed by atoms with Crippen molar-refractivity contribution in [2.24, 2.45) is 0 Å². The summed E-state index contributed by atoms with van der Waals surface area (Å²) >= 11 is 0. The van der Waals surface area contributed by atoms with Crippen LogP contribution in [0.3, 0.4) is 0 Å². The van der Waals surface area contributed by atoms with Gasteiger partial charge >= 0.3 is 6.09 Å². The minimum Gasteiger partial charge on any atom is -0.444 e. The quantitative estimate of drug-likeness (QED) is 0.600. The minimum absolute atomic E-state index is 0.0494. The SMILES string of the molecule is CCCCOC[C@@H]1C[C@@H](OCCCC)CN1C(=O)OC(C)(C)C. The van der Waals surface area contributed by atoms with Gasteiger partial charge in [0.25, 0.3) is 0 Å². The highest BCUT2D eigenvalue weighted by Crippen LogP contribution is 2.24. The standard InChI is InChI=1S/C18H35NO4/c1-6-8-10-21-14-15-12-16(22-11-9-7-2)13-19(15)17(20)23-18(3,4)5/h15-16H,6-14H2,1-5H3/t15-,16+/m0/s1. The van der Waals surface area contributed by atoms with E-state index in [2.05, 4.69) is 13.8 Å². The van der Waals surface area contributed by atoms with E-state index in [0.29, 0.717) is 13.2 Å². The summed E-state index contributed by atoms with van der Waals surface area (Å²) < 4.78 is 17.2. The Balaban J connectivity index is 2.55. The van der Waals surface area contributed by atoms with Crippen molar-refractivity contribution >= 4 is 6.09 Å². The molecule has 0 aliphatic carbocycles. The lowest BCUT2D eigenvalue weighted by Gasteiger charge is -2.28. The second-order valence-electron chi connectivity index (χ2n) is 7.30. The average molecular weight is 329 g/mol. The summed E-state index contributed by atoms with van der Waals surface area (Å²) in [5.41, 5.74) is -0.480. The van der Waals surface area contributed by atoms with E-state index >= 15 is 0 Å². The number of ether oxygens (including phenoxy) is 3. The monoisotopic (exact) mass is 329 g/mol. The molecule has 5 nitrogen and oxygen atoms in total. The molecule has 0 radical (unpaired) electrons. The number of nitrogens with zero attached hydrogens (tertiary/aromatic N) is 1. The third-order valence-corrected chi connectivity index (χ3v) is 3.81. The molecule has 2 atom stereocenters. The third-order valence-electron chi connectivity index (χ3n) is 3.81. The highest BCUT2D eigenvalue weighted by Gasteiger charge is 2.38. The average Bonchev–Trinajstić information content (AvgIpc) is 2.85. The van der Waals surface area contributed by atoms with E-state index in [1.807, 2.05) is 20.8 Å². The summed E-state index contributed by atoms with van der Waals surface area (Å²) in [5, 5.41) is 0. The van der Waals surface area contributed by atoms with E-state index in [0.717, 1.165) is 45.3 Å².